The third-order valence-corrected chi connectivity index (χ3v) is 4.57. The molecule has 0 bridgehead atoms. The van der Waals surface area contributed by atoms with Gasteiger partial charge < -0.3 is 24.4 Å². The van der Waals surface area contributed by atoms with Crippen LogP contribution in [-0.2, 0) is 15.9 Å². The first-order chi connectivity index (χ1) is 11.6. The van der Waals surface area contributed by atoms with Crippen LogP contribution in [0.1, 0.15) is 23.6 Å². The average molecular weight is 338 g/mol. The smallest absolute Gasteiger partial charge is 0.318 e. The number of aryl methyl sites for hydroxylation is 1. The molecule has 1 aliphatic heterocycles. The summed E-state index contributed by atoms with van der Waals surface area (Å²) in [6.45, 7) is 2.27. The standard InChI is InChI=1S/C17H23FN2O4/c1-22-5-6-24-12-9-20(10-12)17(21)19-15-4-3-11-7-14(18)16(23-2)8-13(11)15/h7-8,12,15H,3-6,9-10H2,1-2H3,(H,19,21). The van der Waals surface area contributed by atoms with Gasteiger partial charge in [0, 0.05) is 7.11 Å². The Morgan fingerprint density at radius 1 is 1.33 bits per heavy atom. The Bertz CT molecular complexity index is 604. The molecule has 0 aromatic heterocycles. The van der Waals surface area contributed by atoms with Crippen molar-refractivity contribution >= 4 is 6.03 Å². The molecule has 2 aliphatic rings. The summed E-state index contributed by atoms with van der Waals surface area (Å²) in [6, 6.07) is 2.98. The molecule has 1 fully saturated rings. The van der Waals surface area contributed by atoms with E-state index in [0.717, 1.165) is 24.0 Å². The third-order valence-electron chi connectivity index (χ3n) is 4.57. The van der Waals surface area contributed by atoms with E-state index in [1.807, 2.05) is 0 Å². The van der Waals surface area contributed by atoms with Crippen molar-refractivity contribution in [3.05, 3.63) is 29.1 Å². The van der Waals surface area contributed by atoms with E-state index >= 15 is 0 Å². The Balaban J connectivity index is 1.53. The second-order valence-electron chi connectivity index (χ2n) is 6.12. The zero-order valence-electron chi connectivity index (χ0n) is 14.0. The van der Waals surface area contributed by atoms with Crippen LogP contribution in [0.15, 0.2) is 12.1 Å². The van der Waals surface area contributed by atoms with Gasteiger partial charge in [-0.3, -0.25) is 0 Å². The van der Waals surface area contributed by atoms with Crippen molar-refractivity contribution in [2.45, 2.75) is 25.0 Å². The summed E-state index contributed by atoms with van der Waals surface area (Å²) in [5.41, 5.74) is 1.87. The predicted molar refractivity (Wildman–Crippen MR) is 85.7 cm³/mol. The van der Waals surface area contributed by atoms with Gasteiger partial charge in [0.2, 0.25) is 0 Å². The maximum Gasteiger partial charge on any atom is 0.318 e. The highest BCUT2D eigenvalue weighted by molar-refractivity contribution is 5.76. The normalized spacial score (nSPS) is 19.8. The number of nitrogens with zero attached hydrogens (tertiary/aromatic N) is 1. The summed E-state index contributed by atoms with van der Waals surface area (Å²) in [4.78, 5) is 14.0. The molecule has 1 aromatic carbocycles. The Morgan fingerprint density at radius 2 is 2.12 bits per heavy atom. The van der Waals surface area contributed by atoms with E-state index in [1.54, 1.807) is 18.1 Å². The van der Waals surface area contributed by atoms with Gasteiger partial charge in [0.15, 0.2) is 11.6 Å². The molecule has 1 heterocycles. The van der Waals surface area contributed by atoms with Crippen LogP contribution in [0.25, 0.3) is 0 Å². The number of likely N-dealkylation sites (tertiary alicyclic amines) is 1. The number of hydrogen-bond acceptors (Lipinski definition) is 4. The summed E-state index contributed by atoms with van der Waals surface area (Å²) in [5.74, 6) is -0.146. The highest BCUT2D eigenvalue weighted by atomic mass is 19.1. The molecule has 1 atom stereocenters. The van der Waals surface area contributed by atoms with Crippen LogP contribution in [0.4, 0.5) is 9.18 Å². The SMILES string of the molecule is COCCOC1CN(C(=O)NC2CCc3cc(F)c(OC)cc32)C1. The van der Waals surface area contributed by atoms with E-state index in [1.165, 1.54) is 13.2 Å². The largest absolute Gasteiger partial charge is 0.494 e. The fourth-order valence-electron chi connectivity index (χ4n) is 3.16. The lowest BCUT2D eigenvalue weighted by Gasteiger charge is -2.39. The number of hydrogen-bond donors (Lipinski definition) is 1. The molecule has 1 aromatic rings. The molecular formula is C17H23FN2O4. The van der Waals surface area contributed by atoms with Crippen LogP contribution >= 0.6 is 0 Å². The number of amides is 2. The summed E-state index contributed by atoms with van der Waals surface area (Å²) >= 11 is 0. The van der Waals surface area contributed by atoms with Crippen molar-refractivity contribution in [2.24, 2.45) is 0 Å². The van der Waals surface area contributed by atoms with Gasteiger partial charge in [0.05, 0.1) is 45.6 Å². The van der Waals surface area contributed by atoms with Gasteiger partial charge in [-0.2, -0.15) is 0 Å². The lowest BCUT2D eigenvalue weighted by atomic mass is 10.1. The quantitative estimate of drug-likeness (QED) is 0.805. The molecule has 1 saturated heterocycles. The summed E-state index contributed by atoms with van der Waals surface area (Å²) < 4.78 is 29.3. The maximum atomic E-state index is 13.8. The van der Waals surface area contributed by atoms with Gasteiger partial charge in [-0.15, -0.1) is 0 Å². The molecule has 1 N–H and O–H groups in total. The number of ether oxygens (including phenoxy) is 3. The van der Waals surface area contributed by atoms with Gasteiger partial charge in [0.1, 0.15) is 0 Å². The number of benzene rings is 1. The van der Waals surface area contributed by atoms with E-state index < -0.39 is 0 Å². The number of urea groups is 1. The zero-order chi connectivity index (χ0) is 17.1. The van der Waals surface area contributed by atoms with Crippen molar-refractivity contribution in [1.82, 2.24) is 10.2 Å². The number of carbonyl (C=O) groups is 1. The molecule has 0 saturated carbocycles. The van der Waals surface area contributed by atoms with Gasteiger partial charge in [0.25, 0.3) is 0 Å². The number of methoxy groups -OCH3 is 2. The van der Waals surface area contributed by atoms with E-state index in [-0.39, 0.29) is 29.7 Å². The monoisotopic (exact) mass is 338 g/mol. The average Bonchev–Trinajstić information content (AvgIpc) is 2.90. The minimum absolute atomic E-state index is 0.0796. The molecule has 7 heteroatoms. The Morgan fingerprint density at radius 3 is 2.83 bits per heavy atom. The van der Waals surface area contributed by atoms with E-state index in [4.69, 9.17) is 14.2 Å². The van der Waals surface area contributed by atoms with Crippen molar-refractivity contribution in [2.75, 3.05) is 40.5 Å². The summed E-state index contributed by atoms with van der Waals surface area (Å²) in [7, 11) is 3.07. The van der Waals surface area contributed by atoms with Crippen LogP contribution in [0.2, 0.25) is 0 Å². The van der Waals surface area contributed by atoms with Crippen LogP contribution in [0.5, 0.6) is 5.75 Å². The number of rotatable bonds is 6. The van der Waals surface area contributed by atoms with Crippen molar-refractivity contribution in [3.8, 4) is 5.75 Å². The summed E-state index contributed by atoms with van der Waals surface area (Å²) in [5, 5.41) is 3.02. The number of carbonyl (C=O) groups excluding carboxylic acids is 1. The fraction of sp³-hybridized carbons (Fsp3) is 0.588. The first-order valence-electron chi connectivity index (χ1n) is 8.14. The summed E-state index contributed by atoms with van der Waals surface area (Å²) in [6.07, 6.45) is 1.61. The third kappa shape index (κ3) is 3.47. The first-order valence-corrected chi connectivity index (χ1v) is 8.14. The van der Waals surface area contributed by atoms with Crippen LogP contribution in [-0.4, -0.2) is 57.6 Å². The van der Waals surface area contributed by atoms with Crippen LogP contribution in [0.3, 0.4) is 0 Å². The van der Waals surface area contributed by atoms with Crippen molar-refractivity contribution in [3.63, 3.8) is 0 Å². The van der Waals surface area contributed by atoms with Gasteiger partial charge in [-0.05, 0) is 36.1 Å². The minimum Gasteiger partial charge on any atom is -0.494 e. The second kappa shape index (κ2) is 7.36. The Hall–Kier alpha value is -1.86. The van der Waals surface area contributed by atoms with Crippen LogP contribution in [0, 0.1) is 5.82 Å². The maximum absolute atomic E-state index is 13.8. The Labute approximate surface area is 140 Å². The topological polar surface area (TPSA) is 60.0 Å². The molecule has 24 heavy (non-hydrogen) atoms. The fourth-order valence-corrected chi connectivity index (χ4v) is 3.16. The molecule has 6 nitrogen and oxygen atoms in total. The molecule has 1 aliphatic carbocycles. The minimum atomic E-state index is -0.359. The number of nitrogens with one attached hydrogen (secondary N) is 1. The Kier molecular flexibility index (Phi) is 5.20. The van der Waals surface area contributed by atoms with E-state index in [9.17, 15) is 9.18 Å². The number of fused-ring (bicyclic) bond motifs is 1. The molecule has 3 rings (SSSR count). The second-order valence-corrected chi connectivity index (χ2v) is 6.12. The lowest BCUT2D eigenvalue weighted by molar-refractivity contribution is -0.0507. The molecule has 0 spiro atoms. The number of halogens is 1. The highest BCUT2D eigenvalue weighted by Crippen LogP contribution is 2.35. The molecular weight excluding hydrogens is 315 g/mol. The van der Waals surface area contributed by atoms with Gasteiger partial charge >= 0.3 is 6.03 Å². The molecule has 132 valence electrons. The van der Waals surface area contributed by atoms with E-state index in [0.29, 0.717) is 26.3 Å². The molecule has 1 unspecified atom stereocenters. The van der Waals surface area contributed by atoms with Gasteiger partial charge in [-0.1, -0.05) is 0 Å². The zero-order valence-corrected chi connectivity index (χ0v) is 14.0. The molecule has 0 radical (unpaired) electrons. The van der Waals surface area contributed by atoms with Gasteiger partial charge in [-0.25, -0.2) is 9.18 Å². The van der Waals surface area contributed by atoms with Crippen LogP contribution < -0.4 is 10.1 Å². The highest BCUT2D eigenvalue weighted by Gasteiger charge is 2.34. The first kappa shape index (κ1) is 17.0. The predicted octanol–water partition coefficient (Wildman–Crippen LogP) is 1.88. The van der Waals surface area contributed by atoms with E-state index in [2.05, 4.69) is 5.32 Å². The molecule has 2 amide bonds. The van der Waals surface area contributed by atoms with Crippen molar-refractivity contribution in [1.29, 1.82) is 0 Å². The lowest BCUT2D eigenvalue weighted by Crippen LogP contribution is -2.58. The van der Waals surface area contributed by atoms with Crippen molar-refractivity contribution < 1.29 is 23.4 Å².